The number of piperidine rings is 1. The van der Waals surface area contributed by atoms with Crippen molar-refractivity contribution in [1.82, 2.24) is 0 Å². The summed E-state index contributed by atoms with van der Waals surface area (Å²) in [5.41, 5.74) is 7.80. The summed E-state index contributed by atoms with van der Waals surface area (Å²) < 4.78 is 13.3. The Labute approximate surface area is 107 Å². The van der Waals surface area contributed by atoms with Gasteiger partial charge in [0.25, 0.3) is 0 Å². The van der Waals surface area contributed by atoms with E-state index >= 15 is 0 Å². The van der Waals surface area contributed by atoms with E-state index < -0.39 is 0 Å². The van der Waals surface area contributed by atoms with Crippen LogP contribution in [0.5, 0.6) is 0 Å². The van der Waals surface area contributed by atoms with Crippen molar-refractivity contribution in [1.29, 1.82) is 0 Å². The second kappa shape index (κ2) is 5.67. The zero-order valence-electron chi connectivity index (χ0n) is 10.8. The zero-order chi connectivity index (χ0) is 13.1. The fourth-order valence-corrected chi connectivity index (χ4v) is 2.53. The fourth-order valence-electron chi connectivity index (χ4n) is 2.53. The highest BCUT2D eigenvalue weighted by Crippen LogP contribution is 2.29. The molecule has 2 rings (SSSR count). The Balaban J connectivity index is 2.18. The Morgan fingerprint density at radius 2 is 2.11 bits per heavy atom. The Bertz CT molecular complexity index is 401. The largest absolute Gasteiger partial charge is 0.396 e. The summed E-state index contributed by atoms with van der Waals surface area (Å²) in [5.74, 6) is 0.164. The molecule has 0 radical (unpaired) electrons. The second-order valence-electron chi connectivity index (χ2n) is 5.10. The van der Waals surface area contributed by atoms with Gasteiger partial charge in [0, 0.05) is 31.4 Å². The van der Waals surface area contributed by atoms with Crippen LogP contribution >= 0.6 is 0 Å². The summed E-state index contributed by atoms with van der Waals surface area (Å²) in [6, 6.07) is 4.65. The molecule has 1 aliphatic heterocycles. The van der Waals surface area contributed by atoms with Crippen LogP contribution in [0.2, 0.25) is 0 Å². The van der Waals surface area contributed by atoms with E-state index in [2.05, 4.69) is 4.90 Å². The van der Waals surface area contributed by atoms with Crippen molar-refractivity contribution < 1.29 is 9.50 Å². The van der Waals surface area contributed by atoms with Crippen LogP contribution in [0.4, 0.5) is 10.1 Å². The summed E-state index contributed by atoms with van der Waals surface area (Å²) in [6.07, 6.45) is 1.96. The number of nitrogens with two attached hydrogens (primary N) is 1. The van der Waals surface area contributed by atoms with Gasteiger partial charge in [-0.1, -0.05) is 0 Å². The van der Waals surface area contributed by atoms with Crippen LogP contribution in [0, 0.1) is 11.7 Å². The summed E-state index contributed by atoms with van der Waals surface area (Å²) in [4.78, 5) is 2.24. The highest BCUT2D eigenvalue weighted by Gasteiger charge is 2.21. The third kappa shape index (κ3) is 2.82. The van der Waals surface area contributed by atoms with Gasteiger partial charge < -0.3 is 15.7 Å². The van der Waals surface area contributed by atoms with Crippen molar-refractivity contribution >= 4 is 5.69 Å². The SMILES string of the molecule is CC(N)c1cc(F)ccc1N1CCC(CO)CC1. The molecule has 3 nitrogen and oxygen atoms in total. The quantitative estimate of drug-likeness (QED) is 0.865. The fraction of sp³-hybridized carbons (Fsp3) is 0.571. The summed E-state index contributed by atoms with van der Waals surface area (Å²) >= 11 is 0. The van der Waals surface area contributed by atoms with E-state index in [1.54, 1.807) is 0 Å². The van der Waals surface area contributed by atoms with Crippen LogP contribution in [0.15, 0.2) is 18.2 Å². The van der Waals surface area contributed by atoms with Crippen molar-refractivity contribution in [3.63, 3.8) is 0 Å². The van der Waals surface area contributed by atoms with Crippen LogP contribution < -0.4 is 10.6 Å². The van der Waals surface area contributed by atoms with Gasteiger partial charge in [-0.25, -0.2) is 4.39 Å². The van der Waals surface area contributed by atoms with Gasteiger partial charge in [0.15, 0.2) is 0 Å². The van der Waals surface area contributed by atoms with E-state index in [1.807, 2.05) is 13.0 Å². The molecule has 0 saturated carbocycles. The molecular formula is C14H21FN2O. The van der Waals surface area contributed by atoms with Gasteiger partial charge in [-0.15, -0.1) is 0 Å². The molecule has 1 aromatic carbocycles. The Kier molecular flexibility index (Phi) is 4.19. The maximum atomic E-state index is 13.3. The van der Waals surface area contributed by atoms with Gasteiger partial charge in [-0.05, 0) is 49.4 Å². The molecular weight excluding hydrogens is 231 g/mol. The van der Waals surface area contributed by atoms with Crippen LogP contribution in [0.25, 0.3) is 0 Å². The third-order valence-corrected chi connectivity index (χ3v) is 3.69. The molecule has 0 aromatic heterocycles. The molecule has 4 heteroatoms. The smallest absolute Gasteiger partial charge is 0.123 e. The molecule has 1 saturated heterocycles. The number of hydrogen-bond donors (Lipinski definition) is 2. The highest BCUT2D eigenvalue weighted by molar-refractivity contribution is 5.55. The number of benzene rings is 1. The normalized spacial score (nSPS) is 19.0. The number of anilines is 1. The molecule has 100 valence electrons. The first-order valence-corrected chi connectivity index (χ1v) is 6.52. The first-order chi connectivity index (χ1) is 8.61. The van der Waals surface area contributed by atoms with Crippen LogP contribution in [-0.2, 0) is 0 Å². The number of aliphatic hydroxyl groups is 1. The summed E-state index contributed by atoms with van der Waals surface area (Å²) in [7, 11) is 0. The molecule has 0 spiro atoms. The minimum atomic E-state index is -0.240. The minimum Gasteiger partial charge on any atom is -0.396 e. The lowest BCUT2D eigenvalue weighted by Crippen LogP contribution is -2.35. The molecule has 3 N–H and O–H groups in total. The summed E-state index contributed by atoms with van der Waals surface area (Å²) in [5, 5.41) is 9.14. The van der Waals surface area contributed by atoms with E-state index in [1.165, 1.54) is 12.1 Å². The van der Waals surface area contributed by atoms with Crippen molar-refractivity contribution in [2.24, 2.45) is 11.7 Å². The van der Waals surface area contributed by atoms with Gasteiger partial charge >= 0.3 is 0 Å². The molecule has 1 heterocycles. The van der Waals surface area contributed by atoms with Gasteiger partial charge in [0.1, 0.15) is 5.82 Å². The maximum Gasteiger partial charge on any atom is 0.123 e. The molecule has 1 aromatic rings. The molecule has 0 bridgehead atoms. The van der Waals surface area contributed by atoms with Crippen molar-refractivity contribution in [3.05, 3.63) is 29.6 Å². The van der Waals surface area contributed by atoms with E-state index in [-0.39, 0.29) is 18.5 Å². The van der Waals surface area contributed by atoms with Gasteiger partial charge in [-0.3, -0.25) is 0 Å². The van der Waals surface area contributed by atoms with Crippen molar-refractivity contribution in [2.75, 3.05) is 24.6 Å². The topological polar surface area (TPSA) is 49.5 Å². The number of nitrogens with zero attached hydrogens (tertiary/aromatic N) is 1. The van der Waals surface area contributed by atoms with Crippen molar-refractivity contribution in [2.45, 2.75) is 25.8 Å². The Hall–Kier alpha value is -1.13. The van der Waals surface area contributed by atoms with Gasteiger partial charge in [-0.2, -0.15) is 0 Å². The van der Waals surface area contributed by atoms with E-state index in [0.717, 1.165) is 37.2 Å². The van der Waals surface area contributed by atoms with Gasteiger partial charge in [0.05, 0.1) is 0 Å². The van der Waals surface area contributed by atoms with E-state index in [9.17, 15) is 4.39 Å². The third-order valence-electron chi connectivity index (χ3n) is 3.69. The van der Waals surface area contributed by atoms with Crippen LogP contribution in [-0.4, -0.2) is 24.8 Å². The lowest BCUT2D eigenvalue weighted by molar-refractivity contribution is 0.203. The number of halogens is 1. The predicted octanol–water partition coefficient (Wildman–Crippen LogP) is 2.05. The summed E-state index contributed by atoms with van der Waals surface area (Å²) in [6.45, 7) is 3.93. The van der Waals surface area contributed by atoms with Crippen LogP contribution in [0.3, 0.4) is 0 Å². The Morgan fingerprint density at radius 3 is 2.67 bits per heavy atom. The minimum absolute atomic E-state index is 0.175. The molecule has 1 unspecified atom stereocenters. The molecule has 1 aliphatic rings. The second-order valence-corrected chi connectivity index (χ2v) is 5.10. The zero-order valence-corrected chi connectivity index (χ0v) is 10.8. The van der Waals surface area contributed by atoms with Crippen LogP contribution in [0.1, 0.15) is 31.4 Å². The number of aliphatic hydroxyl groups excluding tert-OH is 1. The average Bonchev–Trinajstić information content (AvgIpc) is 2.39. The molecule has 0 amide bonds. The van der Waals surface area contributed by atoms with E-state index in [4.69, 9.17) is 10.8 Å². The molecule has 1 fully saturated rings. The maximum absolute atomic E-state index is 13.3. The lowest BCUT2D eigenvalue weighted by Gasteiger charge is -2.34. The first kappa shape index (κ1) is 13.3. The standard InChI is InChI=1S/C14H21FN2O/c1-10(16)13-8-12(15)2-3-14(13)17-6-4-11(9-18)5-7-17/h2-3,8,10-11,18H,4-7,9,16H2,1H3. The molecule has 18 heavy (non-hydrogen) atoms. The van der Waals surface area contributed by atoms with Gasteiger partial charge in [0.2, 0.25) is 0 Å². The monoisotopic (exact) mass is 252 g/mol. The average molecular weight is 252 g/mol. The highest BCUT2D eigenvalue weighted by atomic mass is 19.1. The first-order valence-electron chi connectivity index (χ1n) is 6.52. The number of rotatable bonds is 3. The van der Waals surface area contributed by atoms with Crippen molar-refractivity contribution in [3.8, 4) is 0 Å². The molecule has 0 aliphatic carbocycles. The predicted molar refractivity (Wildman–Crippen MR) is 71.0 cm³/mol. The number of hydrogen-bond acceptors (Lipinski definition) is 3. The molecule has 1 atom stereocenters. The van der Waals surface area contributed by atoms with E-state index in [0.29, 0.717) is 5.92 Å². The Morgan fingerprint density at radius 1 is 1.44 bits per heavy atom. The lowest BCUT2D eigenvalue weighted by atomic mass is 9.96.